The van der Waals surface area contributed by atoms with Crippen molar-refractivity contribution in [3.05, 3.63) is 47.1 Å². The molecule has 1 atom stereocenters. The molecule has 8 heteroatoms. The molecule has 2 aromatic rings. The molecular weight excluding hydrogens is 359 g/mol. The lowest BCUT2D eigenvalue weighted by Crippen LogP contribution is -2.21. The molecule has 0 saturated carbocycles. The summed E-state index contributed by atoms with van der Waals surface area (Å²) in [6.07, 6.45) is 0.429. The summed E-state index contributed by atoms with van der Waals surface area (Å²) in [7, 11) is 0. The number of hydrogen-bond donors (Lipinski definition) is 1. The van der Waals surface area contributed by atoms with Crippen LogP contribution in [0.2, 0.25) is 0 Å². The molecule has 0 radical (unpaired) electrons. The van der Waals surface area contributed by atoms with E-state index in [-0.39, 0.29) is 17.6 Å². The van der Waals surface area contributed by atoms with Crippen LogP contribution in [-0.2, 0) is 23.8 Å². The van der Waals surface area contributed by atoms with Gasteiger partial charge in [0.25, 0.3) is 0 Å². The van der Waals surface area contributed by atoms with E-state index in [1.165, 1.54) is 5.56 Å². The molecule has 2 N–H and O–H groups in total. The summed E-state index contributed by atoms with van der Waals surface area (Å²) in [4.78, 5) is 15.1. The molecule has 0 bridgehead atoms. The summed E-state index contributed by atoms with van der Waals surface area (Å²) in [6.45, 7) is 2.07. The Morgan fingerprint density at radius 2 is 1.81 bits per heavy atom. The lowest BCUT2D eigenvalue weighted by atomic mass is 9.91. The van der Waals surface area contributed by atoms with E-state index >= 15 is 0 Å². The molecule has 0 aliphatic carbocycles. The maximum Gasteiger partial charge on any atom is 0.471 e. The number of nitrogens with two attached hydrogens (primary N) is 1. The molecule has 2 rings (SSSR count). The van der Waals surface area contributed by atoms with E-state index in [0.29, 0.717) is 19.3 Å². The lowest BCUT2D eigenvalue weighted by Gasteiger charge is -2.14. The third-order valence-corrected chi connectivity index (χ3v) is 4.49. The molecule has 1 heterocycles. The van der Waals surface area contributed by atoms with Crippen molar-refractivity contribution in [3.63, 3.8) is 0 Å². The number of aromatic nitrogens is 2. The second-order valence-electron chi connectivity index (χ2n) is 6.52. The Hall–Kier alpha value is -2.38. The highest BCUT2D eigenvalue weighted by Gasteiger charge is 2.38. The van der Waals surface area contributed by atoms with Crippen LogP contribution in [0.25, 0.3) is 0 Å². The monoisotopic (exact) mass is 383 g/mol. The second kappa shape index (κ2) is 9.53. The number of primary amides is 1. The fourth-order valence-corrected chi connectivity index (χ4v) is 2.91. The van der Waals surface area contributed by atoms with Crippen molar-refractivity contribution < 1.29 is 22.5 Å². The summed E-state index contributed by atoms with van der Waals surface area (Å²) in [6, 6.07) is 7.91. The van der Waals surface area contributed by atoms with Gasteiger partial charge in [0, 0.05) is 6.42 Å². The average molecular weight is 383 g/mol. The van der Waals surface area contributed by atoms with Gasteiger partial charge in [-0.15, -0.1) is 0 Å². The summed E-state index contributed by atoms with van der Waals surface area (Å²) >= 11 is 0. The minimum absolute atomic E-state index is 0.0633. The van der Waals surface area contributed by atoms with Crippen molar-refractivity contribution in [1.29, 1.82) is 0 Å². The van der Waals surface area contributed by atoms with Crippen LogP contribution in [0.15, 0.2) is 28.8 Å². The topological polar surface area (TPSA) is 82.0 Å². The predicted octanol–water partition coefficient (Wildman–Crippen LogP) is 4.41. The number of carbonyl (C=O) groups is 1. The molecule has 1 aromatic heterocycles. The first-order valence-electron chi connectivity index (χ1n) is 9.09. The van der Waals surface area contributed by atoms with E-state index in [4.69, 9.17) is 5.73 Å². The van der Waals surface area contributed by atoms with Crippen molar-refractivity contribution >= 4 is 5.91 Å². The molecule has 0 saturated heterocycles. The molecule has 0 aliphatic rings. The number of carbonyl (C=O) groups excluding carboxylic acids is 1. The molecule has 0 aliphatic heterocycles. The Kier molecular flexibility index (Phi) is 7.38. The van der Waals surface area contributed by atoms with Crippen LogP contribution in [0.4, 0.5) is 13.2 Å². The first-order chi connectivity index (χ1) is 12.8. The van der Waals surface area contributed by atoms with Gasteiger partial charge < -0.3 is 10.3 Å². The van der Waals surface area contributed by atoms with E-state index in [1.54, 1.807) is 0 Å². The maximum absolute atomic E-state index is 12.4. The van der Waals surface area contributed by atoms with Gasteiger partial charge in [-0.2, -0.15) is 18.2 Å². The molecule has 1 amide bonds. The number of aryl methyl sites for hydroxylation is 2. The number of halogens is 3. The minimum Gasteiger partial charge on any atom is -0.369 e. The van der Waals surface area contributed by atoms with Crippen molar-refractivity contribution in [2.45, 2.75) is 64.0 Å². The zero-order valence-electron chi connectivity index (χ0n) is 15.3. The van der Waals surface area contributed by atoms with Gasteiger partial charge in [-0.3, -0.25) is 4.79 Å². The first kappa shape index (κ1) is 20.9. The number of hydrogen-bond acceptors (Lipinski definition) is 4. The fraction of sp³-hybridized carbons (Fsp3) is 0.526. The Labute approximate surface area is 156 Å². The Morgan fingerprint density at radius 3 is 2.37 bits per heavy atom. The Morgan fingerprint density at radius 1 is 1.15 bits per heavy atom. The zero-order chi connectivity index (χ0) is 19.9. The average Bonchev–Trinajstić information content (AvgIpc) is 3.10. The van der Waals surface area contributed by atoms with Crippen molar-refractivity contribution in [2.24, 2.45) is 5.73 Å². The van der Waals surface area contributed by atoms with Crippen molar-refractivity contribution in [3.8, 4) is 0 Å². The van der Waals surface area contributed by atoms with Gasteiger partial charge in [-0.1, -0.05) is 55.6 Å². The van der Waals surface area contributed by atoms with Gasteiger partial charge >= 0.3 is 12.1 Å². The summed E-state index contributed by atoms with van der Waals surface area (Å²) in [5.41, 5.74) is 7.66. The number of amides is 1. The number of rotatable bonds is 10. The molecular formula is C19H24F3N3O2. The number of alkyl halides is 3. The highest BCUT2D eigenvalue weighted by atomic mass is 19.4. The van der Waals surface area contributed by atoms with Gasteiger partial charge in [-0.05, 0) is 30.4 Å². The molecule has 27 heavy (non-hydrogen) atoms. The molecule has 0 spiro atoms. The zero-order valence-corrected chi connectivity index (χ0v) is 15.3. The van der Waals surface area contributed by atoms with E-state index in [1.807, 2.05) is 24.3 Å². The van der Waals surface area contributed by atoms with Gasteiger partial charge in [0.05, 0.1) is 5.92 Å². The van der Waals surface area contributed by atoms with Gasteiger partial charge in [0.2, 0.25) is 5.91 Å². The molecule has 0 fully saturated rings. The van der Waals surface area contributed by atoms with Gasteiger partial charge in [0.1, 0.15) is 0 Å². The first-order valence-corrected chi connectivity index (χ1v) is 9.09. The highest BCUT2D eigenvalue weighted by Crippen LogP contribution is 2.27. The number of benzene rings is 1. The minimum atomic E-state index is -4.61. The van der Waals surface area contributed by atoms with E-state index in [2.05, 4.69) is 21.6 Å². The summed E-state index contributed by atoms with van der Waals surface area (Å²) in [5.74, 6) is -1.91. The van der Waals surface area contributed by atoms with Crippen LogP contribution in [0.5, 0.6) is 0 Å². The highest BCUT2D eigenvalue weighted by molar-refractivity contribution is 5.81. The fourth-order valence-electron chi connectivity index (χ4n) is 2.91. The number of nitrogens with zero attached hydrogens (tertiary/aromatic N) is 2. The predicted molar refractivity (Wildman–Crippen MR) is 93.8 cm³/mol. The quantitative estimate of drug-likeness (QED) is 0.616. The molecule has 148 valence electrons. The normalized spacial score (nSPS) is 12.9. The van der Waals surface area contributed by atoms with Crippen LogP contribution in [0.3, 0.4) is 0 Å². The van der Waals surface area contributed by atoms with Gasteiger partial charge in [-0.25, -0.2) is 0 Å². The van der Waals surface area contributed by atoms with Crippen molar-refractivity contribution in [2.75, 3.05) is 0 Å². The number of unbranched alkanes of at least 4 members (excludes halogenated alkanes) is 3. The lowest BCUT2D eigenvalue weighted by molar-refractivity contribution is -0.159. The third-order valence-electron chi connectivity index (χ3n) is 4.49. The Bertz CT molecular complexity index is 727. The van der Waals surface area contributed by atoms with Crippen LogP contribution in [0, 0.1) is 0 Å². The third kappa shape index (κ3) is 6.37. The van der Waals surface area contributed by atoms with Crippen LogP contribution >= 0.6 is 0 Å². The standard InChI is InChI=1S/C19H24F3N3O2/c1-2-13-9-11-14(12-10-13)15(17(23)26)7-5-3-4-6-8-16-24-18(27-25-16)19(20,21)22/h9-12,15H,2-8H2,1H3,(H2,23,26). The molecule has 5 nitrogen and oxygen atoms in total. The SMILES string of the molecule is CCc1ccc(C(CCCCCCc2noc(C(F)(F)F)n2)C(N)=O)cc1. The van der Waals surface area contributed by atoms with Crippen molar-refractivity contribution in [1.82, 2.24) is 10.1 Å². The van der Waals surface area contributed by atoms with Crippen LogP contribution < -0.4 is 5.73 Å². The maximum atomic E-state index is 12.4. The van der Waals surface area contributed by atoms with Crippen LogP contribution in [0.1, 0.15) is 67.8 Å². The molecule has 1 unspecified atom stereocenters. The second-order valence-corrected chi connectivity index (χ2v) is 6.52. The summed E-state index contributed by atoms with van der Waals surface area (Å²) < 4.78 is 41.3. The smallest absolute Gasteiger partial charge is 0.369 e. The van der Waals surface area contributed by atoms with Gasteiger partial charge in [0.15, 0.2) is 5.82 Å². The Balaban J connectivity index is 1.72. The van der Waals surface area contributed by atoms with E-state index < -0.39 is 12.1 Å². The molecule has 1 aromatic carbocycles. The van der Waals surface area contributed by atoms with Crippen LogP contribution in [-0.4, -0.2) is 16.0 Å². The van der Waals surface area contributed by atoms with E-state index in [0.717, 1.165) is 31.2 Å². The summed E-state index contributed by atoms with van der Waals surface area (Å²) in [5, 5.41) is 3.34. The largest absolute Gasteiger partial charge is 0.471 e. The van der Waals surface area contributed by atoms with E-state index in [9.17, 15) is 18.0 Å².